The first-order chi connectivity index (χ1) is 19.3. The molecule has 0 fully saturated rings. The third-order valence-corrected chi connectivity index (χ3v) is 7.13. The number of alkyl halides is 3. The molecule has 0 aliphatic heterocycles. The SMILES string of the molecule is Cc1nc(-c2cc(-c3cccc(S(C)(=O)=O)c3)ccc2-n2ccc(C(N)=O)n2)c(-c2ccc(OC(F)(F)F)cc2)o1. The number of benzene rings is 3. The van der Waals surface area contributed by atoms with Gasteiger partial charge in [-0.1, -0.05) is 18.2 Å². The van der Waals surface area contributed by atoms with Crippen molar-refractivity contribution >= 4 is 15.7 Å². The average Bonchev–Trinajstić information content (AvgIpc) is 3.55. The Morgan fingerprint density at radius 1 is 0.976 bits per heavy atom. The van der Waals surface area contributed by atoms with Gasteiger partial charge in [0.15, 0.2) is 21.5 Å². The summed E-state index contributed by atoms with van der Waals surface area (Å²) in [6.07, 6.45) is -2.18. The second-order valence-electron chi connectivity index (χ2n) is 9.02. The molecule has 2 aromatic heterocycles. The van der Waals surface area contributed by atoms with Gasteiger partial charge < -0.3 is 14.9 Å². The smallest absolute Gasteiger partial charge is 0.440 e. The summed E-state index contributed by atoms with van der Waals surface area (Å²) < 4.78 is 73.6. The van der Waals surface area contributed by atoms with Gasteiger partial charge in [-0.3, -0.25) is 4.79 Å². The largest absolute Gasteiger partial charge is 0.573 e. The summed E-state index contributed by atoms with van der Waals surface area (Å²) in [5, 5.41) is 4.25. The van der Waals surface area contributed by atoms with Gasteiger partial charge in [-0.2, -0.15) is 5.10 Å². The molecule has 3 aromatic carbocycles. The maximum absolute atomic E-state index is 12.7. The van der Waals surface area contributed by atoms with E-state index in [1.807, 2.05) is 0 Å². The lowest BCUT2D eigenvalue weighted by Crippen LogP contribution is -2.16. The molecule has 0 atom stereocenters. The van der Waals surface area contributed by atoms with Crippen LogP contribution in [0.4, 0.5) is 13.2 Å². The zero-order valence-electron chi connectivity index (χ0n) is 21.5. The van der Waals surface area contributed by atoms with Gasteiger partial charge in [0.1, 0.15) is 17.1 Å². The summed E-state index contributed by atoms with van der Waals surface area (Å²) in [7, 11) is -3.47. The number of carbonyl (C=O) groups excluding carboxylic acids is 1. The Morgan fingerprint density at radius 3 is 2.29 bits per heavy atom. The highest BCUT2D eigenvalue weighted by atomic mass is 32.2. The van der Waals surface area contributed by atoms with E-state index in [1.54, 1.807) is 49.5 Å². The number of hydrogen-bond donors (Lipinski definition) is 1. The van der Waals surface area contributed by atoms with Crippen LogP contribution in [0.15, 0.2) is 88.3 Å². The van der Waals surface area contributed by atoms with Crippen LogP contribution >= 0.6 is 0 Å². The second-order valence-corrected chi connectivity index (χ2v) is 11.0. The summed E-state index contributed by atoms with van der Waals surface area (Å²) in [5.41, 5.74) is 8.37. The van der Waals surface area contributed by atoms with Crippen molar-refractivity contribution < 1.29 is 35.5 Å². The molecule has 0 unspecified atom stereocenters. The molecular weight excluding hydrogens is 561 g/mol. The van der Waals surface area contributed by atoms with Crippen LogP contribution in [0.25, 0.3) is 39.4 Å². The van der Waals surface area contributed by atoms with Crippen molar-refractivity contribution in [3.05, 3.63) is 90.6 Å². The number of halogens is 3. The number of nitrogens with two attached hydrogens (primary N) is 1. The highest BCUT2D eigenvalue weighted by Crippen LogP contribution is 2.39. The van der Waals surface area contributed by atoms with Crippen molar-refractivity contribution in [1.29, 1.82) is 0 Å². The van der Waals surface area contributed by atoms with Gasteiger partial charge in [-0.15, -0.1) is 13.2 Å². The van der Waals surface area contributed by atoms with Gasteiger partial charge in [0.2, 0.25) is 0 Å². The quantitative estimate of drug-likeness (QED) is 0.265. The number of nitrogens with zero attached hydrogens (tertiary/aromatic N) is 3. The fourth-order valence-electron chi connectivity index (χ4n) is 4.21. The third-order valence-electron chi connectivity index (χ3n) is 6.02. The fourth-order valence-corrected chi connectivity index (χ4v) is 4.88. The van der Waals surface area contributed by atoms with Gasteiger partial charge in [-0.25, -0.2) is 18.1 Å². The average molecular weight is 583 g/mol. The van der Waals surface area contributed by atoms with E-state index in [0.29, 0.717) is 33.6 Å². The number of ether oxygens (including phenoxy) is 1. The van der Waals surface area contributed by atoms with Crippen LogP contribution in [0.1, 0.15) is 16.4 Å². The molecule has 5 aromatic rings. The first kappa shape index (κ1) is 27.6. The Kier molecular flexibility index (Phi) is 6.91. The van der Waals surface area contributed by atoms with E-state index >= 15 is 0 Å². The summed E-state index contributed by atoms with van der Waals surface area (Å²) in [4.78, 5) is 16.4. The summed E-state index contributed by atoms with van der Waals surface area (Å²) >= 11 is 0. The van der Waals surface area contributed by atoms with Crippen LogP contribution < -0.4 is 10.5 Å². The predicted octanol–water partition coefficient (Wildman–Crippen LogP) is 5.57. The summed E-state index contributed by atoms with van der Waals surface area (Å²) in [6, 6.07) is 18.2. The van der Waals surface area contributed by atoms with E-state index in [4.69, 9.17) is 10.2 Å². The lowest BCUT2D eigenvalue weighted by molar-refractivity contribution is -0.274. The monoisotopic (exact) mass is 582 g/mol. The van der Waals surface area contributed by atoms with E-state index in [1.165, 1.54) is 28.9 Å². The first-order valence-electron chi connectivity index (χ1n) is 11.9. The van der Waals surface area contributed by atoms with E-state index in [-0.39, 0.29) is 22.2 Å². The topological polar surface area (TPSA) is 130 Å². The van der Waals surface area contributed by atoms with Crippen molar-refractivity contribution in [1.82, 2.24) is 14.8 Å². The van der Waals surface area contributed by atoms with Crippen LogP contribution in [0, 0.1) is 6.92 Å². The zero-order chi connectivity index (χ0) is 29.5. The van der Waals surface area contributed by atoms with Crippen molar-refractivity contribution in [2.75, 3.05) is 6.26 Å². The Bertz CT molecular complexity index is 1880. The molecule has 9 nitrogen and oxygen atoms in total. The number of aromatic nitrogens is 3. The lowest BCUT2D eigenvalue weighted by atomic mass is 9.98. The van der Waals surface area contributed by atoms with Crippen LogP contribution in [0.3, 0.4) is 0 Å². The maximum atomic E-state index is 12.7. The molecule has 0 spiro atoms. The Labute approximate surface area is 231 Å². The highest BCUT2D eigenvalue weighted by molar-refractivity contribution is 7.90. The van der Waals surface area contributed by atoms with Crippen LogP contribution in [-0.4, -0.2) is 41.7 Å². The van der Waals surface area contributed by atoms with E-state index in [0.717, 1.165) is 18.4 Å². The fraction of sp³-hybridized carbons (Fsp3) is 0.107. The number of rotatable bonds is 7. The number of amides is 1. The zero-order valence-corrected chi connectivity index (χ0v) is 22.3. The first-order valence-corrected chi connectivity index (χ1v) is 13.8. The number of hydrogen-bond acceptors (Lipinski definition) is 7. The molecule has 2 heterocycles. The molecule has 0 aliphatic carbocycles. The summed E-state index contributed by atoms with van der Waals surface area (Å²) in [5.74, 6) is -0.590. The normalized spacial score (nSPS) is 11.9. The molecule has 1 amide bonds. The van der Waals surface area contributed by atoms with E-state index < -0.39 is 27.9 Å². The molecule has 0 aliphatic rings. The van der Waals surface area contributed by atoms with Crippen LogP contribution in [0.2, 0.25) is 0 Å². The van der Waals surface area contributed by atoms with Gasteiger partial charge in [0, 0.05) is 30.5 Å². The lowest BCUT2D eigenvalue weighted by Gasteiger charge is -2.13. The van der Waals surface area contributed by atoms with Gasteiger partial charge >= 0.3 is 6.36 Å². The minimum Gasteiger partial charge on any atom is -0.440 e. The molecular formula is C28H21F3N4O5S. The number of carbonyl (C=O) groups is 1. The molecule has 0 radical (unpaired) electrons. The van der Waals surface area contributed by atoms with Crippen molar-refractivity contribution in [3.8, 4) is 45.1 Å². The van der Waals surface area contributed by atoms with Crippen LogP contribution in [-0.2, 0) is 9.84 Å². The molecule has 41 heavy (non-hydrogen) atoms. The Balaban J connectivity index is 1.69. The number of oxazole rings is 1. The summed E-state index contributed by atoms with van der Waals surface area (Å²) in [6.45, 7) is 1.62. The van der Waals surface area contributed by atoms with Gasteiger partial charge in [0.25, 0.3) is 5.91 Å². The number of sulfone groups is 1. The Hall–Kier alpha value is -4.91. The maximum Gasteiger partial charge on any atom is 0.573 e. The minimum absolute atomic E-state index is 0.0256. The van der Waals surface area contributed by atoms with E-state index in [9.17, 15) is 26.4 Å². The second kappa shape index (κ2) is 10.2. The van der Waals surface area contributed by atoms with Gasteiger partial charge in [0.05, 0.1) is 10.6 Å². The third kappa shape index (κ3) is 5.99. The number of aryl methyl sites for hydroxylation is 1. The molecule has 5 rings (SSSR count). The molecule has 210 valence electrons. The molecule has 13 heteroatoms. The molecule has 0 bridgehead atoms. The molecule has 0 saturated heterocycles. The van der Waals surface area contributed by atoms with Crippen LogP contribution in [0.5, 0.6) is 5.75 Å². The molecule has 2 N–H and O–H groups in total. The van der Waals surface area contributed by atoms with E-state index in [2.05, 4.69) is 14.8 Å². The highest BCUT2D eigenvalue weighted by Gasteiger charge is 2.31. The number of primary amides is 1. The standard InChI is InChI=1S/C28H21F3N4O5S/c1-16-33-25(26(39-16)17-6-9-20(10-7-17)40-28(29,30)31)22-15-19(18-4-3-5-21(14-18)41(2,37)38)8-11-24(22)35-13-12-23(34-35)27(32)36/h3-15H,1-2H3,(H2,32,36). The van der Waals surface area contributed by atoms with Gasteiger partial charge in [-0.05, 0) is 65.7 Å². The van der Waals surface area contributed by atoms with Crippen molar-refractivity contribution in [2.24, 2.45) is 5.73 Å². The van der Waals surface area contributed by atoms with Crippen molar-refractivity contribution in [2.45, 2.75) is 18.2 Å². The minimum atomic E-state index is -4.84. The predicted molar refractivity (Wildman–Crippen MR) is 143 cm³/mol. The van der Waals surface area contributed by atoms with Crippen molar-refractivity contribution in [3.63, 3.8) is 0 Å². The molecule has 0 saturated carbocycles. The Morgan fingerprint density at radius 2 is 1.66 bits per heavy atom.